The number of carbonyl (C=O) groups is 2. The van der Waals surface area contributed by atoms with Gasteiger partial charge in [0.2, 0.25) is 5.91 Å². The first-order chi connectivity index (χ1) is 12.3. The van der Waals surface area contributed by atoms with Crippen LogP contribution in [0.1, 0.15) is 41.8 Å². The first kappa shape index (κ1) is 19.6. The molecular formula is C21H25FN2O2. The molecule has 2 N–H and O–H groups in total. The minimum Gasteiger partial charge on any atom is -0.340 e. The van der Waals surface area contributed by atoms with E-state index in [4.69, 9.17) is 0 Å². The molecule has 0 aliphatic rings. The van der Waals surface area contributed by atoms with Gasteiger partial charge in [-0.2, -0.15) is 0 Å². The Kier molecular flexibility index (Phi) is 6.50. The molecule has 0 fully saturated rings. The van der Waals surface area contributed by atoms with E-state index in [0.29, 0.717) is 12.0 Å². The Morgan fingerprint density at radius 2 is 1.77 bits per heavy atom. The number of benzene rings is 2. The Balaban J connectivity index is 2.18. The summed E-state index contributed by atoms with van der Waals surface area (Å²) in [6, 6.07) is 11.0. The highest BCUT2D eigenvalue weighted by atomic mass is 19.1. The quantitative estimate of drug-likeness (QED) is 0.814. The lowest BCUT2D eigenvalue weighted by molar-refractivity contribution is -0.118. The average molecular weight is 356 g/mol. The van der Waals surface area contributed by atoms with E-state index < -0.39 is 17.8 Å². The number of nitrogens with one attached hydrogen (secondary N) is 2. The van der Waals surface area contributed by atoms with Crippen molar-refractivity contribution in [3.8, 4) is 0 Å². The molecule has 1 unspecified atom stereocenters. The number of halogens is 1. The largest absolute Gasteiger partial charge is 0.340 e. The van der Waals surface area contributed by atoms with Crippen molar-refractivity contribution in [2.75, 3.05) is 5.32 Å². The summed E-state index contributed by atoms with van der Waals surface area (Å²) in [5.74, 6) is -1.05. The molecule has 4 nitrogen and oxygen atoms in total. The summed E-state index contributed by atoms with van der Waals surface area (Å²) < 4.78 is 13.9. The summed E-state index contributed by atoms with van der Waals surface area (Å²) in [6.45, 7) is 7.59. The number of hydrogen-bond donors (Lipinski definition) is 2. The van der Waals surface area contributed by atoms with E-state index in [1.54, 1.807) is 24.3 Å². The first-order valence-corrected chi connectivity index (χ1v) is 8.71. The Hall–Kier alpha value is -2.69. The second-order valence-electron chi connectivity index (χ2n) is 6.94. The highest BCUT2D eigenvalue weighted by Crippen LogP contribution is 2.17. The average Bonchev–Trinajstić information content (AvgIpc) is 2.57. The van der Waals surface area contributed by atoms with Crippen molar-refractivity contribution in [3.05, 3.63) is 65.0 Å². The number of aryl methyl sites for hydroxylation is 2. The van der Waals surface area contributed by atoms with Crippen molar-refractivity contribution in [1.29, 1.82) is 0 Å². The molecule has 138 valence electrons. The molecule has 2 amide bonds. The Morgan fingerprint density at radius 3 is 2.42 bits per heavy atom. The number of rotatable bonds is 6. The van der Waals surface area contributed by atoms with Crippen LogP contribution in [0.4, 0.5) is 10.1 Å². The Morgan fingerprint density at radius 1 is 1.08 bits per heavy atom. The number of anilines is 1. The van der Waals surface area contributed by atoms with Crippen molar-refractivity contribution in [1.82, 2.24) is 5.32 Å². The van der Waals surface area contributed by atoms with Crippen LogP contribution in [0.5, 0.6) is 0 Å². The van der Waals surface area contributed by atoms with E-state index in [9.17, 15) is 14.0 Å². The minimum atomic E-state index is -0.748. The maximum absolute atomic E-state index is 13.9. The summed E-state index contributed by atoms with van der Waals surface area (Å²) >= 11 is 0. The summed E-state index contributed by atoms with van der Waals surface area (Å²) in [7, 11) is 0. The van der Waals surface area contributed by atoms with Crippen molar-refractivity contribution >= 4 is 17.5 Å². The zero-order valence-electron chi connectivity index (χ0n) is 15.6. The van der Waals surface area contributed by atoms with Crippen molar-refractivity contribution in [2.45, 2.75) is 40.2 Å². The van der Waals surface area contributed by atoms with E-state index in [0.717, 1.165) is 11.1 Å². The van der Waals surface area contributed by atoms with Gasteiger partial charge in [0.1, 0.15) is 11.9 Å². The van der Waals surface area contributed by atoms with Crippen molar-refractivity contribution in [2.24, 2.45) is 5.92 Å². The maximum Gasteiger partial charge on any atom is 0.252 e. The van der Waals surface area contributed by atoms with Crippen molar-refractivity contribution in [3.63, 3.8) is 0 Å². The van der Waals surface area contributed by atoms with Crippen molar-refractivity contribution < 1.29 is 14.0 Å². The lowest BCUT2D eigenvalue weighted by atomic mass is 10.0. The van der Waals surface area contributed by atoms with Gasteiger partial charge in [0, 0.05) is 5.56 Å². The fourth-order valence-electron chi connectivity index (χ4n) is 2.72. The van der Waals surface area contributed by atoms with Gasteiger partial charge in [0.15, 0.2) is 0 Å². The molecule has 2 rings (SSSR count). The second-order valence-corrected chi connectivity index (χ2v) is 6.94. The van der Waals surface area contributed by atoms with Gasteiger partial charge in [-0.3, -0.25) is 9.59 Å². The summed E-state index contributed by atoms with van der Waals surface area (Å²) in [6.07, 6.45) is 0.455. The highest BCUT2D eigenvalue weighted by molar-refractivity contribution is 6.01. The number of carbonyl (C=O) groups excluding carboxylic acids is 2. The van der Waals surface area contributed by atoms with Crippen LogP contribution in [-0.4, -0.2) is 17.9 Å². The van der Waals surface area contributed by atoms with E-state index in [1.165, 1.54) is 6.07 Å². The van der Waals surface area contributed by atoms with Gasteiger partial charge < -0.3 is 10.6 Å². The van der Waals surface area contributed by atoms with Crippen LogP contribution >= 0.6 is 0 Å². The van der Waals surface area contributed by atoms with Crippen LogP contribution in [-0.2, 0) is 4.79 Å². The van der Waals surface area contributed by atoms with Gasteiger partial charge in [-0.1, -0.05) is 38.1 Å². The molecule has 2 aromatic carbocycles. The maximum atomic E-state index is 13.9. The Bertz CT molecular complexity index is 802. The zero-order valence-corrected chi connectivity index (χ0v) is 15.6. The molecule has 0 aliphatic carbocycles. The predicted octanol–water partition coefficient (Wildman–Crippen LogP) is 4.23. The number of amides is 2. The van der Waals surface area contributed by atoms with Gasteiger partial charge in [0.25, 0.3) is 5.91 Å². The molecule has 1 atom stereocenters. The smallest absolute Gasteiger partial charge is 0.252 e. The van der Waals surface area contributed by atoms with Crippen LogP contribution < -0.4 is 10.6 Å². The monoisotopic (exact) mass is 356 g/mol. The molecule has 0 heterocycles. The van der Waals surface area contributed by atoms with Crippen LogP contribution in [0, 0.1) is 25.6 Å². The molecule has 2 aromatic rings. The van der Waals surface area contributed by atoms with Crippen LogP contribution in [0.2, 0.25) is 0 Å². The molecule has 5 heteroatoms. The summed E-state index contributed by atoms with van der Waals surface area (Å²) in [5, 5.41) is 5.39. The molecule has 0 bridgehead atoms. The van der Waals surface area contributed by atoms with Crippen LogP contribution in [0.3, 0.4) is 0 Å². The lowest BCUT2D eigenvalue weighted by Crippen LogP contribution is -2.44. The fourth-order valence-corrected chi connectivity index (χ4v) is 2.72. The molecule has 0 radical (unpaired) electrons. The molecule has 0 saturated heterocycles. The third-order valence-corrected chi connectivity index (χ3v) is 4.10. The number of hydrogen-bond acceptors (Lipinski definition) is 2. The van der Waals surface area contributed by atoms with Gasteiger partial charge in [0.05, 0.1) is 5.69 Å². The SMILES string of the molecule is Cc1ccc(F)c(NC(=O)C(CC(C)C)NC(=O)c2ccccc2C)c1. The van der Waals surface area contributed by atoms with Crippen LogP contribution in [0.15, 0.2) is 42.5 Å². The summed E-state index contributed by atoms with van der Waals surface area (Å²) in [5.41, 5.74) is 2.31. The highest BCUT2D eigenvalue weighted by Gasteiger charge is 2.24. The van der Waals surface area contributed by atoms with E-state index >= 15 is 0 Å². The first-order valence-electron chi connectivity index (χ1n) is 8.71. The molecule has 26 heavy (non-hydrogen) atoms. The fraction of sp³-hybridized carbons (Fsp3) is 0.333. The normalized spacial score (nSPS) is 11.9. The third kappa shape index (κ3) is 5.15. The molecule has 0 aromatic heterocycles. The van der Waals surface area contributed by atoms with E-state index in [1.807, 2.05) is 39.8 Å². The Labute approximate surface area is 153 Å². The van der Waals surface area contributed by atoms with Gasteiger partial charge in [-0.05, 0) is 55.5 Å². The predicted molar refractivity (Wildman–Crippen MR) is 102 cm³/mol. The lowest BCUT2D eigenvalue weighted by Gasteiger charge is -2.21. The zero-order chi connectivity index (χ0) is 19.3. The van der Waals surface area contributed by atoms with Gasteiger partial charge in [-0.15, -0.1) is 0 Å². The van der Waals surface area contributed by atoms with Gasteiger partial charge in [-0.25, -0.2) is 4.39 Å². The minimum absolute atomic E-state index is 0.119. The molecule has 0 aliphatic heterocycles. The molecule has 0 spiro atoms. The van der Waals surface area contributed by atoms with E-state index in [-0.39, 0.29) is 17.5 Å². The molecular weight excluding hydrogens is 331 g/mol. The third-order valence-electron chi connectivity index (χ3n) is 4.10. The standard InChI is InChI=1S/C21H25FN2O2/c1-13(2)11-19(24-20(25)16-8-6-5-7-15(16)4)21(26)23-18-12-14(3)9-10-17(18)22/h5-10,12-13,19H,11H2,1-4H3,(H,23,26)(H,24,25). The molecule has 0 saturated carbocycles. The van der Waals surface area contributed by atoms with Crippen LogP contribution in [0.25, 0.3) is 0 Å². The topological polar surface area (TPSA) is 58.2 Å². The van der Waals surface area contributed by atoms with E-state index in [2.05, 4.69) is 10.6 Å². The van der Waals surface area contributed by atoms with Gasteiger partial charge >= 0.3 is 0 Å². The second kappa shape index (κ2) is 8.61. The summed E-state index contributed by atoms with van der Waals surface area (Å²) in [4.78, 5) is 25.2.